The maximum absolute atomic E-state index is 12.9. The van der Waals surface area contributed by atoms with E-state index in [1.165, 1.54) is 37.4 Å². The molecule has 3 aromatic rings. The summed E-state index contributed by atoms with van der Waals surface area (Å²) in [7, 11) is -0.816. The van der Waals surface area contributed by atoms with Crippen LogP contribution in [0.5, 0.6) is 5.75 Å². The first-order chi connectivity index (χ1) is 13.8. The van der Waals surface area contributed by atoms with Crippen molar-refractivity contribution in [2.45, 2.75) is 4.90 Å². The first-order valence-corrected chi connectivity index (χ1v) is 10.4. The van der Waals surface area contributed by atoms with Crippen molar-refractivity contribution in [3.63, 3.8) is 0 Å². The molecule has 0 atom stereocenters. The smallest absolute Gasteiger partial charge is 0.264 e. The molecule has 1 amide bonds. The number of amides is 1. The van der Waals surface area contributed by atoms with Crippen molar-refractivity contribution in [3.8, 4) is 5.75 Å². The van der Waals surface area contributed by atoms with Crippen molar-refractivity contribution in [3.05, 3.63) is 83.4 Å². The van der Waals surface area contributed by atoms with Crippen LogP contribution < -0.4 is 14.4 Å². The van der Waals surface area contributed by atoms with Crippen molar-refractivity contribution >= 4 is 38.9 Å². The third-order valence-corrected chi connectivity index (χ3v) is 6.32. The van der Waals surface area contributed by atoms with Gasteiger partial charge in [-0.1, -0.05) is 23.7 Å². The van der Waals surface area contributed by atoms with Crippen LogP contribution in [0.15, 0.2) is 77.7 Å². The van der Waals surface area contributed by atoms with Gasteiger partial charge in [-0.3, -0.25) is 9.10 Å². The highest BCUT2D eigenvalue weighted by atomic mass is 35.5. The molecule has 0 heterocycles. The first kappa shape index (κ1) is 20.7. The number of carbonyl (C=O) groups is 1. The minimum absolute atomic E-state index is 0.107. The minimum Gasteiger partial charge on any atom is -0.497 e. The van der Waals surface area contributed by atoms with Gasteiger partial charge < -0.3 is 10.1 Å². The molecular formula is C21H19ClN2O4S. The fraction of sp³-hybridized carbons (Fsp3) is 0.0952. The highest BCUT2D eigenvalue weighted by Crippen LogP contribution is 2.25. The predicted octanol–water partition coefficient (Wildman–Crippen LogP) is 4.43. The highest BCUT2D eigenvalue weighted by molar-refractivity contribution is 7.92. The van der Waals surface area contributed by atoms with E-state index in [4.69, 9.17) is 16.3 Å². The fourth-order valence-corrected chi connectivity index (χ4v) is 3.96. The molecule has 3 rings (SSSR count). The van der Waals surface area contributed by atoms with Crippen LogP contribution in [0.2, 0.25) is 5.02 Å². The van der Waals surface area contributed by atoms with Gasteiger partial charge in [-0.05, 0) is 54.6 Å². The molecule has 6 nitrogen and oxygen atoms in total. The van der Waals surface area contributed by atoms with Gasteiger partial charge in [0.2, 0.25) is 0 Å². The molecule has 0 aliphatic carbocycles. The number of hydrogen-bond acceptors (Lipinski definition) is 4. The van der Waals surface area contributed by atoms with Gasteiger partial charge in [0.15, 0.2) is 0 Å². The number of rotatable bonds is 6. The zero-order chi connectivity index (χ0) is 21.0. The van der Waals surface area contributed by atoms with E-state index < -0.39 is 10.0 Å². The van der Waals surface area contributed by atoms with Gasteiger partial charge in [0.05, 0.1) is 17.7 Å². The topological polar surface area (TPSA) is 75.7 Å². The van der Waals surface area contributed by atoms with E-state index in [1.54, 1.807) is 49.6 Å². The van der Waals surface area contributed by atoms with E-state index >= 15 is 0 Å². The van der Waals surface area contributed by atoms with Crippen LogP contribution in [0.25, 0.3) is 0 Å². The lowest BCUT2D eigenvalue weighted by atomic mass is 10.2. The van der Waals surface area contributed by atoms with E-state index in [0.29, 0.717) is 27.7 Å². The summed E-state index contributed by atoms with van der Waals surface area (Å²) >= 11 is 5.84. The van der Waals surface area contributed by atoms with Gasteiger partial charge in [-0.2, -0.15) is 0 Å². The number of ether oxygens (including phenoxy) is 1. The number of methoxy groups -OCH3 is 1. The molecule has 0 aliphatic heterocycles. The number of nitrogens with one attached hydrogen (secondary N) is 1. The van der Waals surface area contributed by atoms with Crippen LogP contribution in [0.3, 0.4) is 0 Å². The molecule has 0 unspecified atom stereocenters. The third-order valence-electron chi connectivity index (χ3n) is 4.27. The monoisotopic (exact) mass is 430 g/mol. The summed E-state index contributed by atoms with van der Waals surface area (Å²) in [4.78, 5) is 12.7. The van der Waals surface area contributed by atoms with Crippen molar-refractivity contribution < 1.29 is 17.9 Å². The van der Waals surface area contributed by atoms with Crippen LogP contribution >= 0.6 is 11.6 Å². The zero-order valence-electron chi connectivity index (χ0n) is 15.8. The van der Waals surface area contributed by atoms with Crippen LogP contribution in [-0.2, 0) is 10.0 Å². The molecule has 8 heteroatoms. The Labute approximate surface area is 174 Å². The second kappa shape index (κ2) is 8.55. The predicted molar refractivity (Wildman–Crippen MR) is 114 cm³/mol. The summed E-state index contributed by atoms with van der Waals surface area (Å²) in [6.45, 7) is 0. The molecule has 0 fully saturated rings. The van der Waals surface area contributed by atoms with E-state index in [-0.39, 0.29) is 10.8 Å². The number of carbonyl (C=O) groups excluding carboxylic acids is 1. The Morgan fingerprint density at radius 3 is 2.38 bits per heavy atom. The molecule has 150 valence electrons. The molecule has 0 radical (unpaired) electrons. The molecule has 3 aromatic carbocycles. The number of benzene rings is 3. The largest absolute Gasteiger partial charge is 0.497 e. The summed E-state index contributed by atoms with van der Waals surface area (Å²) in [6.07, 6.45) is 0. The third kappa shape index (κ3) is 4.70. The molecule has 0 saturated heterocycles. The molecule has 0 aromatic heterocycles. The Balaban J connectivity index is 1.84. The number of hydrogen-bond donors (Lipinski definition) is 1. The van der Waals surface area contributed by atoms with Crippen molar-refractivity contribution in [1.29, 1.82) is 0 Å². The van der Waals surface area contributed by atoms with Crippen LogP contribution in [0, 0.1) is 0 Å². The highest BCUT2D eigenvalue weighted by Gasteiger charge is 2.22. The molecule has 29 heavy (non-hydrogen) atoms. The maximum atomic E-state index is 12.9. The van der Waals surface area contributed by atoms with E-state index in [9.17, 15) is 13.2 Å². The number of sulfonamides is 1. The minimum atomic E-state index is -3.79. The molecular weight excluding hydrogens is 412 g/mol. The zero-order valence-corrected chi connectivity index (χ0v) is 17.4. The van der Waals surface area contributed by atoms with Gasteiger partial charge in [-0.15, -0.1) is 0 Å². The number of anilines is 2. The van der Waals surface area contributed by atoms with Gasteiger partial charge in [0.25, 0.3) is 15.9 Å². The van der Waals surface area contributed by atoms with Crippen molar-refractivity contribution in [2.75, 3.05) is 23.8 Å². The van der Waals surface area contributed by atoms with E-state index in [0.717, 1.165) is 4.31 Å². The quantitative estimate of drug-likeness (QED) is 0.627. The average Bonchev–Trinajstić information content (AvgIpc) is 2.73. The molecule has 0 saturated carbocycles. The van der Waals surface area contributed by atoms with Crippen molar-refractivity contribution in [2.24, 2.45) is 0 Å². The lowest BCUT2D eigenvalue weighted by Crippen LogP contribution is -2.26. The lowest BCUT2D eigenvalue weighted by molar-refractivity contribution is 0.102. The summed E-state index contributed by atoms with van der Waals surface area (Å²) in [6, 6.07) is 19.2. The van der Waals surface area contributed by atoms with Gasteiger partial charge in [-0.25, -0.2) is 8.42 Å². The van der Waals surface area contributed by atoms with Crippen molar-refractivity contribution in [1.82, 2.24) is 0 Å². The van der Waals surface area contributed by atoms with Gasteiger partial charge in [0.1, 0.15) is 5.75 Å². The fourth-order valence-electron chi connectivity index (χ4n) is 2.65. The van der Waals surface area contributed by atoms with Crippen LogP contribution in [0.1, 0.15) is 10.4 Å². The van der Waals surface area contributed by atoms with E-state index in [1.807, 2.05) is 0 Å². The van der Waals surface area contributed by atoms with Gasteiger partial charge in [0, 0.05) is 29.4 Å². The van der Waals surface area contributed by atoms with Crippen LogP contribution in [0.4, 0.5) is 11.4 Å². The Bertz CT molecular complexity index is 1130. The normalized spacial score (nSPS) is 11.0. The molecule has 1 N–H and O–H groups in total. The second-order valence-corrected chi connectivity index (χ2v) is 8.57. The Hall–Kier alpha value is -3.03. The summed E-state index contributed by atoms with van der Waals surface area (Å²) in [5, 5.41) is 3.22. The summed E-state index contributed by atoms with van der Waals surface area (Å²) in [5.74, 6) is 0.253. The SMILES string of the molecule is COc1cccc(NC(=O)c2cccc(N(C)S(=O)(=O)c3ccc(Cl)cc3)c2)c1. The number of halogens is 1. The van der Waals surface area contributed by atoms with E-state index in [2.05, 4.69) is 5.32 Å². The number of nitrogens with zero attached hydrogens (tertiary/aromatic N) is 1. The Morgan fingerprint density at radius 1 is 1.00 bits per heavy atom. The lowest BCUT2D eigenvalue weighted by Gasteiger charge is -2.20. The summed E-state index contributed by atoms with van der Waals surface area (Å²) < 4.78 is 32.0. The average molecular weight is 431 g/mol. The standard InChI is InChI=1S/C21H19ClN2O4S/c1-24(29(26,27)20-11-9-16(22)10-12-20)18-7-3-5-15(13-18)21(25)23-17-6-4-8-19(14-17)28-2/h3-14H,1-2H3,(H,23,25). The molecule has 0 spiro atoms. The second-order valence-electron chi connectivity index (χ2n) is 6.16. The summed E-state index contributed by atoms with van der Waals surface area (Å²) in [5.41, 5.74) is 1.25. The Kier molecular flexibility index (Phi) is 6.10. The Morgan fingerprint density at radius 2 is 1.69 bits per heavy atom. The first-order valence-electron chi connectivity index (χ1n) is 8.61. The molecule has 0 aliphatic rings. The maximum Gasteiger partial charge on any atom is 0.264 e. The van der Waals surface area contributed by atoms with Crippen LogP contribution in [-0.4, -0.2) is 28.5 Å². The van der Waals surface area contributed by atoms with Gasteiger partial charge >= 0.3 is 0 Å². The molecule has 0 bridgehead atoms.